The zero-order valence-electron chi connectivity index (χ0n) is 13.1. The number of carbonyl (C=O) groups is 1. The minimum Gasteiger partial charge on any atom is -0.409 e. The molecule has 0 atom stereocenters. The molecular formula is C13H27N5O2. The Balaban J connectivity index is 2.58. The molecule has 0 aliphatic carbocycles. The van der Waals surface area contributed by atoms with E-state index in [1.165, 1.54) is 0 Å². The maximum Gasteiger partial charge on any atom is 0.317 e. The molecule has 1 aliphatic heterocycles. The lowest BCUT2D eigenvalue weighted by molar-refractivity contribution is 0.0930. The summed E-state index contributed by atoms with van der Waals surface area (Å²) in [6.07, 6.45) is 0. The molecule has 7 heteroatoms. The van der Waals surface area contributed by atoms with Crippen LogP contribution in [0.3, 0.4) is 0 Å². The van der Waals surface area contributed by atoms with Crippen molar-refractivity contribution >= 4 is 11.9 Å². The first kappa shape index (κ1) is 16.6. The molecule has 0 aromatic rings. The van der Waals surface area contributed by atoms with Gasteiger partial charge in [-0.05, 0) is 34.6 Å². The molecule has 0 radical (unpaired) electrons. The first-order valence-corrected chi connectivity index (χ1v) is 6.88. The van der Waals surface area contributed by atoms with E-state index in [-0.39, 0.29) is 17.4 Å². The number of urea groups is 1. The second kappa shape index (κ2) is 5.87. The molecule has 1 fully saturated rings. The molecule has 7 nitrogen and oxygen atoms in total. The van der Waals surface area contributed by atoms with Crippen LogP contribution in [0.25, 0.3) is 0 Å². The van der Waals surface area contributed by atoms with Gasteiger partial charge in [0.15, 0.2) is 5.84 Å². The third-order valence-corrected chi connectivity index (χ3v) is 3.57. The summed E-state index contributed by atoms with van der Waals surface area (Å²) >= 11 is 0. The SMILES string of the molecule is CC(C)(C)NC(=O)N1CCN(C(C)(C)C(N)=NO)CC1. The molecule has 4 N–H and O–H groups in total. The van der Waals surface area contributed by atoms with E-state index in [1.807, 2.05) is 34.6 Å². The van der Waals surface area contributed by atoms with Crippen molar-refractivity contribution in [3.63, 3.8) is 0 Å². The molecule has 2 amide bonds. The monoisotopic (exact) mass is 285 g/mol. The molecule has 0 aromatic heterocycles. The summed E-state index contributed by atoms with van der Waals surface area (Å²) in [5, 5.41) is 14.9. The van der Waals surface area contributed by atoms with Crippen LogP contribution in [-0.4, -0.2) is 64.1 Å². The quantitative estimate of drug-likeness (QED) is 0.300. The van der Waals surface area contributed by atoms with Gasteiger partial charge in [0.2, 0.25) is 0 Å². The van der Waals surface area contributed by atoms with E-state index in [9.17, 15) is 4.79 Å². The molecule has 0 saturated carbocycles. The summed E-state index contributed by atoms with van der Waals surface area (Å²) in [7, 11) is 0. The number of amidine groups is 1. The van der Waals surface area contributed by atoms with Crippen LogP contribution >= 0.6 is 0 Å². The highest BCUT2D eigenvalue weighted by atomic mass is 16.4. The molecule has 0 bridgehead atoms. The van der Waals surface area contributed by atoms with Gasteiger partial charge < -0.3 is 21.2 Å². The highest BCUT2D eigenvalue weighted by Gasteiger charge is 2.35. The summed E-state index contributed by atoms with van der Waals surface area (Å²) in [4.78, 5) is 16.0. The number of amides is 2. The lowest BCUT2D eigenvalue weighted by Gasteiger charge is -2.43. The van der Waals surface area contributed by atoms with E-state index >= 15 is 0 Å². The first-order valence-electron chi connectivity index (χ1n) is 6.88. The second-order valence-electron chi connectivity index (χ2n) is 6.70. The first-order chi connectivity index (χ1) is 9.08. The number of rotatable bonds is 2. The van der Waals surface area contributed by atoms with Crippen molar-refractivity contribution in [3.05, 3.63) is 0 Å². The summed E-state index contributed by atoms with van der Waals surface area (Å²) in [6.45, 7) is 12.4. The average Bonchev–Trinajstić information content (AvgIpc) is 2.35. The fraction of sp³-hybridized carbons (Fsp3) is 0.846. The molecule has 1 rings (SSSR count). The number of piperazine rings is 1. The van der Waals surface area contributed by atoms with Gasteiger partial charge in [0.1, 0.15) is 0 Å². The zero-order valence-corrected chi connectivity index (χ0v) is 13.1. The van der Waals surface area contributed by atoms with Crippen LogP contribution in [0.2, 0.25) is 0 Å². The summed E-state index contributed by atoms with van der Waals surface area (Å²) in [6, 6.07) is -0.0428. The predicted molar refractivity (Wildman–Crippen MR) is 78.9 cm³/mol. The highest BCUT2D eigenvalue weighted by Crippen LogP contribution is 2.17. The molecule has 0 aromatic carbocycles. The Morgan fingerprint density at radius 2 is 1.65 bits per heavy atom. The van der Waals surface area contributed by atoms with E-state index in [0.29, 0.717) is 26.2 Å². The number of nitrogens with one attached hydrogen (secondary N) is 1. The van der Waals surface area contributed by atoms with Crippen molar-refractivity contribution in [1.82, 2.24) is 15.1 Å². The summed E-state index contributed by atoms with van der Waals surface area (Å²) < 4.78 is 0. The molecule has 1 heterocycles. The predicted octanol–water partition coefficient (Wildman–Crippen LogP) is 0.637. The topological polar surface area (TPSA) is 94.2 Å². The number of hydrogen-bond acceptors (Lipinski definition) is 4. The fourth-order valence-corrected chi connectivity index (χ4v) is 2.15. The Morgan fingerprint density at radius 3 is 2.05 bits per heavy atom. The maximum absolute atomic E-state index is 12.1. The standard InChI is InChI=1S/C13H27N5O2/c1-12(2,3)15-11(19)17-6-8-18(9-7-17)13(4,5)10(14)16-20/h20H,6-9H2,1-5H3,(H2,14,16)(H,15,19). The Morgan fingerprint density at radius 1 is 1.15 bits per heavy atom. The van der Waals surface area contributed by atoms with E-state index < -0.39 is 5.54 Å². The van der Waals surface area contributed by atoms with Crippen molar-refractivity contribution in [2.45, 2.75) is 45.7 Å². The van der Waals surface area contributed by atoms with Crippen LogP contribution in [0.4, 0.5) is 4.79 Å². The second-order valence-corrected chi connectivity index (χ2v) is 6.70. The third kappa shape index (κ3) is 4.00. The van der Waals surface area contributed by atoms with E-state index in [2.05, 4.69) is 15.4 Å². The highest BCUT2D eigenvalue weighted by molar-refractivity contribution is 5.88. The van der Waals surface area contributed by atoms with Gasteiger partial charge >= 0.3 is 6.03 Å². The van der Waals surface area contributed by atoms with Gasteiger partial charge in [-0.25, -0.2) is 4.79 Å². The van der Waals surface area contributed by atoms with Crippen molar-refractivity contribution in [2.24, 2.45) is 10.9 Å². The van der Waals surface area contributed by atoms with Gasteiger partial charge in [-0.3, -0.25) is 4.90 Å². The van der Waals surface area contributed by atoms with Crippen molar-refractivity contribution < 1.29 is 10.0 Å². The Bertz CT molecular complexity index is 379. The van der Waals surface area contributed by atoms with Gasteiger partial charge in [0, 0.05) is 31.7 Å². The van der Waals surface area contributed by atoms with Gasteiger partial charge in [-0.15, -0.1) is 0 Å². The normalized spacial score (nSPS) is 19.1. The number of nitrogens with two attached hydrogens (primary N) is 1. The molecule has 116 valence electrons. The number of nitrogens with zero attached hydrogens (tertiary/aromatic N) is 3. The van der Waals surface area contributed by atoms with Crippen LogP contribution in [-0.2, 0) is 0 Å². The van der Waals surface area contributed by atoms with Crippen molar-refractivity contribution in [2.75, 3.05) is 26.2 Å². The average molecular weight is 285 g/mol. The largest absolute Gasteiger partial charge is 0.409 e. The Hall–Kier alpha value is -1.50. The summed E-state index contributed by atoms with van der Waals surface area (Å²) in [5.41, 5.74) is 4.98. The van der Waals surface area contributed by atoms with Crippen molar-refractivity contribution in [1.29, 1.82) is 0 Å². The smallest absolute Gasteiger partial charge is 0.317 e. The molecule has 0 unspecified atom stereocenters. The van der Waals surface area contributed by atoms with Crippen LogP contribution in [0, 0.1) is 0 Å². The zero-order chi connectivity index (χ0) is 15.6. The molecule has 0 spiro atoms. The van der Waals surface area contributed by atoms with Gasteiger partial charge in [0.25, 0.3) is 0 Å². The van der Waals surface area contributed by atoms with Gasteiger partial charge in [0.05, 0.1) is 5.54 Å². The van der Waals surface area contributed by atoms with E-state index in [4.69, 9.17) is 10.9 Å². The number of hydrogen-bond donors (Lipinski definition) is 3. The molecule has 20 heavy (non-hydrogen) atoms. The molecule has 1 aliphatic rings. The number of oxime groups is 1. The summed E-state index contributed by atoms with van der Waals surface area (Å²) in [5.74, 6) is 0.185. The maximum atomic E-state index is 12.1. The van der Waals surface area contributed by atoms with Crippen LogP contribution in [0.1, 0.15) is 34.6 Å². The Labute approximate surface area is 120 Å². The lowest BCUT2D eigenvalue weighted by atomic mass is 10.0. The Kier molecular flexibility index (Phi) is 4.86. The lowest BCUT2D eigenvalue weighted by Crippen LogP contribution is -2.62. The van der Waals surface area contributed by atoms with Crippen LogP contribution < -0.4 is 11.1 Å². The fourth-order valence-electron chi connectivity index (χ4n) is 2.15. The van der Waals surface area contributed by atoms with Crippen LogP contribution in [0.5, 0.6) is 0 Å². The van der Waals surface area contributed by atoms with Crippen LogP contribution in [0.15, 0.2) is 5.16 Å². The molecule has 1 saturated heterocycles. The minimum absolute atomic E-state index is 0.0428. The van der Waals surface area contributed by atoms with Gasteiger partial charge in [-0.1, -0.05) is 5.16 Å². The van der Waals surface area contributed by atoms with E-state index in [0.717, 1.165) is 0 Å². The van der Waals surface area contributed by atoms with Crippen molar-refractivity contribution in [3.8, 4) is 0 Å². The minimum atomic E-state index is -0.513. The molecular weight excluding hydrogens is 258 g/mol. The number of carbonyl (C=O) groups excluding carboxylic acids is 1. The third-order valence-electron chi connectivity index (χ3n) is 3.57. The van der Waals surface area contributed by atoms with E-state index in [1.54, 1.807) is 4.90 Å². The van der Waals surface area contributed by atoms with Gasteiger partial charge in [-0.2, -0.15) is 0 Å².